The van der Waals surface area contributed by atoms with Crippen LogP contribution in [-0.4, -0.2) is 72.8 Å². The van der Waals surface area contributed by atoms with Crippen molar-refractivity contribution in [3.8, 4) is 0 Å². The van der Waals surface area contributed by atoms with Crippen molar-refractivity contribution in [1.29, 1.82) is 0 Å². The van der Waals surface area contributed by atoms with Gasteiger partial charge in [0.2, 0.25) is 11.8 Å². The van der Waals surface area contributed by atoms with Gasteiger partial charge in [-0.3, -0.25) is 24.3 Å². The average Bonchev–Trinajstić information content (AvgIpc) is 2.83. The third-order valence-electron chi connectivity index (χ3n) is 6.12. The van der Waals surface area contributed by atoms with Gasteiger partial charge >= 0.3 is 0 Å². The van der Waals surface area contributed by atoms with Crippen LogP contribution in [0.25, 0.3) is 0 Å². The van der Waals surface area contributed by atoms with Crippen LogP contribution in [0.15, 0.2) is 4.99 Å². The zero-order chi connectivity index (χ0) is 30.0. The number of imide groups is 1. The van der Waals surface area contributed by atoms with Crippen molar-refractivity contribution in [3.63, 3.8) is 0 Å². The van der Waals surface area contributed by atoms with E-state index in [-0.39, 0.29) is 17.8 Å². The van der Waals surface area contributed by atoms with Crippen LogP contribution in [0.1, 0.15) is 99.8 Å². The first-order valence-corrected chi connectivity index (χ1v) is 14.5. The quantitative estimate of drug-likeness (QED) is 0.0722. The number of carbonyl (C=O) groups excluding carboxylic acids is 3. The molecule has 0 fully saturated rings. The van der Waals surface area contributed by atoms with E-state index >= 15 is 0 Å². The van der Waals surface area contributed by atoms with Crippen molar-refractivity contribution >= 4 is 23.7 Å². The molecule has 0 aromatic rings. The fourth-order valence-electron chi connectivity index (χ4n) is 4.16. The number of hydrogen-bond donors (Lipinski definition) is 4. The largest absolute Gasteiger partial charge is 0.370 e. The lowest BCUT2D eigenvalue weighted by molar-refractivity contribution is -0.190. The molecule has 0 heterocycles. The van der Waals surface area contributed by atoms with Gasteiger partial charge in [0, 0.05) is 26.7 Å². The van der Waals surface area contributed by atoms with Gasteiger partial charge in [0.05, 0.1) is 12.1 Å². The number of hydrogen-bond acceptors (Lipinski definition) is 7. The summed E-state index contributed by atoms with van der Waals surface area (Å²) < 4.78 is 12.2. The van der Waals surface area contributed by atoms with Crippen LogP contribution in [-0.2, 0) is 23.9 Å². The number of guanidine groups is 1. The first-order chi connectivity index (χ1) is 18.3. The van der Waals surface area contributed by atoms with E-state index in [2.05, 4.69) is 24.2 Å². The van der Waals surface area contributed by atoms with Crippen LogP contribution in [0.3, 0.4) is 0 Å². The van der Waals surface area contributed by atoms with Crippen molar-refractivity contribution in [1.82, 2.24) is 10.2 Å². The highest BCUT2D eigenvalue weighted by atomic mass is 16.7. The Labute approximate surface area is 236 Å². The summed E-state index contributed by atoms with van der Waals surface area (Å²) in [5.74, 6) is -1.11. The summed E-state index contributed by atoms with van der Waals surface area (Å²) in [6.07, 6.45) is 4.32. The molecule has 1 unspecified atom stereocenters. The minimum Gasteiger partial charge on any atom is -0.370 e. The molecule has 0 aromatic carbocycles. The second-order valence-corrected chi connectivity index (χ2v) is 11.0. The molecule has 3 amide bonds. The molecule has 0 spiro atoms. The van der Waals surface area contributed by atoms with Crippen molar-refractivity contribution in [2.24, 2.45) is 34.0 Å². The maximum Gasteiger partial charge on any atom is 0.252 e. The SMILES string of the molecule is CCCCOC(OCCCC)C(CCCN=C(N)N)N(C(C)=O)C(=O)[C@H](CC(C)C)NC(=O)[C@@H](N)CC(C)C. The van der Waals surface area contributed by atoms with Crippen LogP contribution >= 0.6 is 0 Å². The number of nitrogens with one attached hydrogen (secondary N) is 1. The molecule has 3 atom stereocenters. The van der Waals surface area contributed by atoms with E-state index in [0.29, 0.717) is 45.4 Å². The van der Waals surface area contributed by atoms with E-state index in [1.807, 2.05) is 27.7 Å². The lowest BCUT2D eigenvalue weighted by Crippen LogP contribution is -2.59. The number of nitrogens with two attached hydrogens (primary N) is 3. The lowest BCUT2D eigenvalue weighted by Gasteiger charge is -2.37. The van der Waals surface area contributed by atoms with Gasteiger partial charge in [0.25, 0.3) is 5.91 Å². The Morgan fingerprint density at radius 2 is 1.44 bits per heavy atom. The highest BCUT2D eigenvalue weighted by molar-refractivity contribution is 5.99. The van der Waals surface area contributed by atoms with Crippen LogP contribution in [0.5, 0.6) is 0 Å². The first-order valence-electron chi connectivity index (χ1n) is 14.5. The minimum atomic E-state index is -0.924. The van der Waals surface area contributed by atoms with Gasteiger partial charge in [0.15, 0.2) is 12.2 Å². The van der Waals surface area contributed by atoms with Crippen LogP contribution in [0, 0.1) is 11.8 Å². The molecule has 0 bridgehead atoms. The molecule has 0 rings (SSSR count). The van der Waals surface area contributed by atoms with Crippen molar-refractivity contribution < 1.29 is 23.9 Å². The molecule has 0 aliphatic carbocycles. The van der Waals surface area contributed by atoms with Gasteiger partial charge in [-0.25, -0.2) is 0 Å². The summed E-state index contributed by atoms with van der Waals surface area (Å²) in [6.45, 7) is 14.5. The highest BCUT2D eigenvalue weighted by Crippen LogP contribution is 2.21. The molecule has 0 radical (unpaired) electrons. The molecule has 0 aromatic heterocycles. The smallest absolute Gasteiger partial charge is 0.252 e. The van der Waals surface area contributed by atoms with Gasteiger partial charge < -0.3 is 32.0 Å². The normalized spacial score (nSPS) is 13.8. The predicted molar refractivity (Wildman–Crippen MR) is 156 cm³/mol. The van der Waals surface area contributed by atoms with E-state index in [1.54, 1.807) is 0 Å². The number of aliphatic imine (C=N–C) groups is 1. The maximum atomic E-state index is 14.0. The number of nitrogens with zero attached hydrogens (tertiary/aromatic N) is 2. The fourth-order valence-corrected chi connectivity index (χ4v) is 4.16. The average molecular weight is 557 g/mol. The second-order valence-electron chi connectivity index (χ2n) is 11.0. The molecule has 0 saturated carbocycles. The Balaban J connectivity index is 6.28. The topological polar surface area (TPSA) is 175 Å². The maximum absolute atomic E-state index is 14.0. The molecule has 228 valence electrons. The summed E-state index contributed by atoms with van der Waals surface area (Å²) in [7, 11) is 0. The monoisotopic (exact) mass is 556 g/mol. The zero-order valence-corrected chi connectivity index (χ0v) is 25.4. The number of unbranched alkanes of at least 4 members (excludes halogenated alkanes) is 2. The van der Waals surface area contributed by atoms with E-state index in [9.17, 15) is 14.4 Å². The summed E-state index contributed by atoms with van der Waals surface area (Å²) in [5.41, 5.74) is 17.1. The zero-order valence-electron chi connectivity index (χ0n) is 25.4. The number of carbonyl (C=O) groups is 3. The van der Waals surface area contributed by atoms with E-state index < -0.39 is 42.1 Å². The Bertz CT molecular complexity index is 732. The van der Waals surface area contributed by atoms with Crippen molar-refractivity contribution in [2.75, 3.05) is 19.8 Å². The Hall–Kier alpha value is -2.24. The Morgan fingerprint density at radius 3 is 1.87 bits per heavy atom. The molecule has 0 aliphatic heterocycles. The summed E-state index contributed by atoms with van der Waals surface area (Å²) in [6, 6.07) is -2.41. The van der Waals surface area contributed by atoms with Crippen LogP contribution < -0.4 is 22.5 Å². The molecule has 7 N–H and O–H groups in total. The third-order valence-corrected chi connectivity index (χ3v) is 6.12. The number of rotatable bonds is 21. The van der Waals surface area contributed by atoms with Gasteiger partial charge in [0.1, 0.15) is 6.04 Å². The summed E-state index contributed by atoms with van der Waals surface area (Å²) in [5, 5.41) is 2.83. The molecule has 39 heavy (non-hydrogen) atoms. The van der Waals surface area contributed by atoms with Crippen molar-refractivity contribution in [3.05, 3.63) is 0 Å². The molecule has 0 aliphatic rings. The van der Waals surface area contributed by atoms with Gasteiger partial charge in [-0.05, 0) is 50.4 Å². The van der Waals surface area contributed by atoms with Gasteiger partial charge in [-0.15, -0.1) is 0 Å². The van der Waals surface area contributed by atoms with Gasteiger partial charge in [-0.2, -0.15) is 0 Å². The second kappa shape index (κ2) is 20.6. The Morgan fingerprint density at radius 1 is 0.897 bits per heavy atom. The Kier molecular flexibility index (Phi) is 19.4. The van der Waals surface area contributed by atoms with Gasteiger partial charge in [-0.1, -0.05) is 54.4 Å². The molecule has 11 heteroatoms. The standard InChI is InChI=1S/C28H56N6O5/c1-8-10-15-38-27(39-16-11-9-2)24(13-12-14-32-28(30)31)34(21(7)35)26(37)23(18-20(5)6)33-25(36)22(29)17-19(3)4/h19-20,22-24,27H,8-18,29H2,1-7H3,(H,33,36)(H4,30,31,32)/t22-,23-,24?/m0/s1. The summed E-state index contributed by atoms with van der Waals surface area (Å²) in [4.78, 5) is 45.2. The van der Waals surface area contributed by atoms with Crippen molar-refractivity contribution in [2.45, 2.75) is 124 Å². The molecular formula is C28H56N6O5. The van der Waals surface area contributed by atoms with E-state index in [0.717, 1.165) is 25.7 Å². The van der Waals surface area contributed by atoms with E-state index in [4.69, 9.17) is 26.7 Å². The molecular weight excluding hydrogens is 500 g/mol. The third kappa shape index (κ3) is 15.8. The van der Waals surface area contributed by atoms with Crippen LogP contribution in [0.2, 0.25) is 0 Å². The minimum absolute atomic E-state index is 0.0292. The molecule has 11 nitrogen and oxygen atoms in total. The predicted octanol–water partition coefficient (Wildman–Crippen LogP) is 2.65. The first kappa shape index (κ1) is 36.8. The molecule has 0 saturated heterocycles. The van der Waals surface area contributed by atoms with E-state index in [1.165, 1.54) is 11.8 Å². The lowest BCUT2D eigenvalue weighted by atomic mass is 9.99. The summed E-state index contributed by atoms with van der Waals surface area (Å²) >= 11 is 0. The number of amides is 3. The fraction of sp³-hybridized carbons (Fsp3) is 0.857. The van der Waals surface area contributed by atoms with Crippen LogP contribution in [0.4, 0.5) is 0 Å². The highest BCUT2D eigenvalue weighted by Gasteiger charge is 2.39. The number of ether oxygens (including phenoxy) is 2.